The van der Waals surface area contributed by atoms with E-state index in [1.807, 2.05) is 29.2 Å². The molecule has 28 heavy (non-hydrogen) atoms. The normalized spacial score (nSPS) is 25.5. The monoisotopic (exact) mass is 384 g/mol. The van der Waals surface area contributed by atoms with Gasteiger partial charge in [0.05, 0.1) is 24.7 Å². The first-order valence-electron chi connectivity index (χ1n) is 10.9. The van der Waals surface area contributed by atoms with Crippen LogP contribution in [0.1, 0.15) is 74.2 Å². The summed E-state index contributed by atoms with van der Waals surface area (Å²) in [5.41, 5.74) is 1.25. The Hall–Kier alpha value is -1.88. The number of morpholine rings is 1. The Labute approximate surface area is 168 Å². The lowest BCUT2D eigenvalue weighted by molar-refractivity contribution is -0.142. The Balaban J connectivity index is 1.86. The van der Waals surface area contributed by atoms with Gasteiger partial charge in [0, 0.05) is 24.7 Å². The molecule has 0 N–H and O–H groups in total. The van der Waals surface area contributed by atoms with Crippen molar-refractivity contribution < 1.29 is 14.3 Å². The van der Waals surface area contributed by atoms with Gasteiger partial charge in [0.1, 0.15) is 0 Å². The average Bonchev–Trinajstić information content (AvgIpc) is 2.75. The molecule has 2 aliphatic heterocycles. The van der Waals surface area contributed by atoms with Crippen LogP contribution < -0.4 is 0 Å². The predicted molar refractivity (Wildman–Crippen MR) is 108 cm³/mol. The van der Waals surface area contributed by atoms with Crippen LogP contribution in [0.5, 0.6) is 0 Å². The number of nitrogens with zero attached hydrogens (tertiary/aromatic N) is 2. The molecule has 0 unspecified atom stereocenters. The molecule has 5 nitrogen and oxygen atoms in total. The second-order valence-corrected chi connectivity index (χ2v) is 8.55. The van der Waals surface area contributed by atoms with E-state index in [0.717, 1.165) is 37.7 Å². The molecule has 0 radical (unpaired) electrons. The van der Waals surface area contributed by atoms with E-state index < -0.39 is 5.54 Å². The first-order valence-corrected chi connectivity index (χ1v) is 10.9. The van der Waals surface area contributed by atoms with Crippen LogP contribution >= 0.6 is 0 Å². The Kier molecular flexibility index (Phi) is 5.46. The SMILES string of the molecule is CC[C@@H](C)N1C(=O)c2ccccc2[C@@H](C(=O)N2CCOCC2)C12CCCCC2. The van der Waals surface area contributed by atoms with Crippen molar-refractivity contribution in [2.75, 3.05) is 26.3 Å². The van der Waals surface area contributed by atoms with Crippen LogP contribution in [-0.4, -0.2) is 59.5 Å². The zero-order valence-electron chi connectivity index (χ0n) is 17.2. The fraction of sp³-hybridized carbons (Fsp3) is 0.652. The van der Waals surface area contributed by atoms with E-state index in [-0.39, 0.29) is 23.8 Å². The highest BCUT2D eigenvalue weighted by molar-refractivity contribution is 6.02. The summed E-state index contributed by atoms with van der Waals surface area (Å²) in [6.07, 6.45) is 6.07. The molecule has 2 fully saturated rings. The van der Waals surface area contributed by atoms with Gasteiger partial charge in [0.15, 0.2) is 0 Å². The van der Waals surface area contributed by atoms with Gasteiger partial charge < -0.3 is 14.5 Å². The van der Waals surface area contributed by atoms with E-state index >= 15 is 0 Å². The Morgan fingerprint density at radius 1 is 1.18 bits per heavy atom. The van der Waals surface area contributed by atoms with E-state index in [1.165, 1.54) is 6.42 Å². The van der Waals surface area contributed by atoms with Gasteiger partial charge >= 0.3 is 0 Å². The molecular weight excluding hydrogens is 352 g/mol. The fourth-order valence-corrected chi connectivity index (χ4v) is 5.55. The van der Waals surface area contributed by atoms with Crippen LogP contribution in [0.3, 0.4) is 0 Å². The largest absolute Gasteiger partial charge is 0.378 e. The summed E-state index contributed by atoms with van der Waals surface area (Å²) < 4.78 is 5.48. The Bertz CT molecular complexity index is 735. The van der Waals surface area contributed by atoms with Crippen molar-refractivity contribution in [1.29, 1.82) is 0 Å². The maximum atomic E-state index is 13.9. The van der Waals surface area contributed by atoms with Crippen LogP contribution in [0.2, 0.25) is 0 Å². The van der Waals surface area contributed by atoms with Crippen LogP contribution in [-0.2, 0) is 9.53 Å². The molecule has 2 heterocycles. The van der Waals surface area contributed by atoms with Gasteiger partial charge in [0.2, 0.25) is 5.91 Å². The zero-order chi connectivity index (χ0) is 19.7. The smallest absolute Gasteiger partial charge is 0.254 e. The summed E-state index contributed by atoms with van der Waals surface area (Å²) >= 11 is 0. The van der Waals surface area contributed by atoms with Gasteiger partial charge in [-0.2, -0.15) is 0 Å². The van der Waals surface area contributed by atoms with Gasteiger partial charge in [-0.1, -0.05) is 44.4 Å². The maximum Gasteiger partial charge on any atom is 0.254 e. The molecule has 152 valence electrons. The molecule has 4 rings (SSSR count). The van der Waals surface area contributed by atoms with Crippen LogP contribution in [0.4, 0.5) is 0 Å². The summed E-state index contributed by atoms with van der Waals surface area (Å²) in [6, 6.07) is 7.93. The number of carbonyl (C=O) groups excluding carboxylic acids is 2. The van der Waals surface area contributed by atoms with Crippen LogP contribution in [0.25, 0.3) is 0 Å². The Morgan fingerprint density at radius 3 is 2.54 bits per heavy atom. The third-order valence-electron chi connectivity index (χ3n) is 7.06. The summed E-state index contributed by atoms with van der Waals surface area (Å²) in [6.45, 7) is 6.75. The molecule has 1 aromatic carbocycles. The molecule has 0 aromatic heterocycles. The van der Waals surface area contributed by atoms with Gasteiger partial charge in [-0.25, -0.2) is 0 Å². The molecule has 0 bridgehead atoms. The lowest BCUT2D eigenvalue weighted by Gasteiger charge is -2.56. The summed E-state index contributed by atoms with van der Waals surface area (Å²) in [4.78, 5) is 31.6. The molecule has 5 heteroatoms. The number of carbonyl (C=O) groups is 2. The third-order valence-corrected chi connectivity index (χ3v) is 7.06. The second-order valence-electron chi connectivity index (χ2n) is 8.55. The number of benzene rings is 1. The molecule has 2 amide bonds. The summed E-state index contributed by atoms with van der Waals surface area (Å²) in [7, 11) is 0. The van der Waals surface area contributed by atoms with Crippen molar-refractivity contribution in [2.24, 2.45) is 0 Å². The second kappa shape index (κ2) is 7.86. The van der Waals surface area contributed by atoms with E-state index in [0.29, 0.717) is 31.9 Å². The third kappa shape index (κ3) is 3.04. The van der Waals surface area contributed by atoms with Crippen molar-refractivity contribution in [1.82, 2.24) is 9.80 Å². The van der Waals surface area contributed by atoms with Crippen molar-refractivity contribution in [3.8, 4) is 0 Å². The molecule has 1 saturated heterocycles. The number of ether oxygens (including phenoxy) is 1. The van der Waals surface area contributed by atoms with Gasteiger partial charge in [-0.15, -0.1) is 0 Å². The van der Waals surface area contributed by atoms with E-state index in [1.54, 1.807) is 0 Å². The van der Waals surface area contributed by atoms with Gasteiger partial charge in [-0.05, 0) is 37.8 Å². The number of rotatable bonds is 3. The number of hydrogen-bond acceptors (Lipinski definition) is 3. The quantitative estimate of drug-likeness (QED) is 0.800. The summed E-state index contributed by atoms with van der Waals surface area (Å²) in [5.74, 6) is 0.0186. The molecule has 2 atom stereocenters. The zero-order valence-corrected chi connectivity index (χ0v) is 17.2. The predicted octanol–water partition coefficient (Wildman–Crippen LogP) is 3.59. The fourth-order valence-electron chi connectivity index (χ4n) is 5.55. The highest BCUT2D eigenvalue weighted by Crippen LogP contribution is 2.50. The number of amides is 2. The molecule has 1 aromatic rings. The van der Waals surface area contributed by atoms with Crippen molar-refractivity contribution in [3.05, 3.63) is 35.4 Å². The molecule has 1 aliphatic carbocycles. The minimum atomic E-state index is -0.394. The van der Waals surface area contributed by atoms with E-state index in [4.69, 9.17) is 4.74 Å². The van der Waals surface area contributed by atoms with Crippen LogP contribution in [0.15, 0.2) is 24.3 Å². The lowest BCUT2D eigenvalue weighted by atomic mass is 9.64. The van der Waals surface area contributed by atoms with Gasteiger partial charge in [0.25, 0.3) is 5.91 Å². The highest BCUT2D eigenvalue weighted by atomic mass is 16.5. The van der Waals surface area contributed by atoms with E-state index in [9.17, 15) is 9.59 Å². The average molecular weight is 385 g/mol. The first-order chi connectivity index (χ1) is 13.6. The standard InChI is InChI=1S/C23H32N2O3/c1-3-17(2)25-21(26)19-10-6-5-9-18(19)20(23(25)11-7-4-8-12-23)22(27)24-13-15-28-16-14-24/h5-6,9-10,17,20H,3-4,7-8,11-16H2,1-2H3/t17-,20+/m1/s1. The molecular formula is C23H32N2O3. The summed E-state index contributed by atoms with van der Waals surface area (Å²) in [5, 5.41) is 0. The van der Waals surface area contributed by atoms with Crippen LogP contribution in [0, 0.1) is 0 Å². The minimum absolute atomic E-state index is 0.109. The first kappa shape index (κ1) is 19.4. The number of hydrogen-bond donors (Lipinski definition) is 0. The van der Waals surface area contributed by atoms with Gasteiger partial charge in [-0.3, -0.25) is 9.59 Å². The number of fused-ring (bicyclic) bond motifs is 1. The maximum absolute atomic E-state index is 13.9. The molecule has 3 aliphatic rings. The highest BCUT2D eigenvalue weighted by Gasteiger charge is 2.56. The van der Waals surface area contributed by atoms with Crippen molar-refractivity contribution >= 4 is 11.8 Å². The topological polar surface area (TPSA) is 49.9 Å². The Morgan fingerprint density at radius 2 is 1.86 bits per heavy atom. The van der Waals surface area contributed by atoms with Crippen molar-refractivity contribution in [2.45, 2.75) is 69.9 Å². The molecule has 1 spiro atoms. The van der Waals surface area contributed by atoms with E-state index in [2.05, 4.69) is 18.7 Å². The van der Waals surface area contributed by atoms with Crippen molar-refractivity contribution in [3.63, 3.8) is 0 Å². The minimum Gasteiger partial charge on any atom is -0.378 e. The molecule has 1 saturated carbocycles. The lowest BCUT2D eigenvalue weighted by Crippen LogP contribution is -2.65.